The molecule has 5 nitrogen and oxygen atoms in total. The fourth-order valence-corrected chi connectivity index (χ4v) is 3.40. The van der Waals surface area contributed by atoms with Crippen molar-refractivity contribution in [2.75, 3.05) is 32.7 Å². The first-order valence-electron chi connectivity index (χ1n) is 9.91. The lowest BCUT2D eigenvalue weighted by Crippen LogP contribution is -2.53. The molecule has 1 saturated heterocycles. The van der Waals surface area contributed by atoms with Crippen molar-refractivity contribution in [1.82, 2.24) is 15.1 Å². The Morgan fingerprint density at radius 2 is 1.73 bits per heavy atom. The van der Waals surface area contributed by atoms with Gasteiger partial charge in [0.05, 0.1) is 0 Å². The van der Waals surface area contributed by atoms with E-state index in [1.54, 1.807) is 0 Å². The first-order chi connectivity index (χ1) is 12.4. The zero-order valence-corrected chi connectivity index (χ0v) is 17.0. The number of ether oxygens (including phenoxy) is 1. The predicted octanol–water partition coefficient (Wildman–Crippen LogP) is 3.28. The van der Waals surface area contributed by atoms with E-state index in [1.165, 1.54) is 11.1 Å². The molecule has 1 aromatic carbocycles. The Balaban J connectivity index is 0.00000117. The molecule has 2 aliphatic rings. The molecular weight excluding hydrogens is 326 g/mol. The molecule has 1 aromatic rings. The number of fused-ring (bicyclic) bond motifs is 1. The first kappa shape index (κ1) is 20.7. The monoisotopic (exact) mass is 361 g/mol. The van der Waals surface area contributed by atoms with Crippen molar-refractivity contribution in [2.45, 2.75) is 59.2 Å². The van der Waals surface area contributed by atoms with Crippen LogP contribution in [0.15, 0.2) is 24.3 Å². The van der Waals surface area contributed by atoms with Gasteiger partial charge in [-0.3, -0.25) is 4.90 Å². The maximum atomic E-state index is 12.1. The van der Waals surface area contributed by atoms with Gasteiger partial charge in [0.15, 0.2) is 0 Å². The molecule has 0 aromatic heterocycles. The van der Waals surface area contributed by atoms with E-state index >= 15 is 0 Å². The van der Waals surface area contributed by atoms with Crippen LogP contribution in [0.5, 0.6) is 0 Å². The molecule has 0 bridgehead atoms. The van der Waals surface area contributed by atoms with Crippen molar-refractivity contribution in [2.24, 2.45) is 0 Å². The zero-order valence-electron chi connectivity index (χ0n) is 17.0. The van der Waals surface area contributed by atoms with E-state index in [4.69, 9.17) is 4.74 Å². The normalized spacial score (nSPS) is 20.7. The summed E-state index contributed by atoms with van der Waals surface area (Å²) in [5.41, 5.74) is 2.46. The van der Waals surface area contributed by atoms with Crippen LogP contribution in [0.25, 0.3) is 0 Å². The van der Waals surface area contributed by atoms with Gasteiger partial charge in [-0.25, -0.2) is 4.79 Å². The third kappa shape index (κ3) is 5.99. The SMILES string of the molecule is CC.CC(C)(C)OC(=O)N1CCN(CC2Cc3ccccc3CN2)CC1. The number of carbonyl (C=O) groups is 1. The molecule has 1 fully saturated rings. The number of piperazine rings is 1. The number of hydrogen-bond acceptors (Lipinski definition) is 4. The minimum atomic E-state index is -0.423. The van der Waals surface area contributed by atoms with E-state index in [9.17, 15) is 4.79 Å². The topological polar surface area (TPSA) is 44.8 Å². The molecule has 5 heteroatoms. The Morgan fingerprint density at radius 3 is 2.35 bits per heavy atom. The lowest BCUT2D eigenvalue weighted by Gasteiger charge is -2.38. The summed E-state index contributed by atoms with van der Waals surface area (Å²) in [4.78, 5) is 16.4. The number of nitrogens with one attached hydrogen (secondary N) is 1. The molecule has 1 amide bonds. The summed E-state index contributed by atoms with van der Waals surface area (Å²) < 4.78 is 5.46. The Labute approximate surface area is 158 Å². The maximum absolute atomic E-state index is 12.1. The number of rotatable bonds is 2. The van der Waals surface area contributed by atoms with Gasteiger partial charge in [0, 0.05) is 45.3 Å². The molecule has 26 heavy (non-hydrogen) atoms. The van der Waals surface area contributed by atoms with Gasteiger partial charge in [-0.1, -0.05) is 38.1 Å². The Kier molecular flexibility index (Phi) is 7.47. The minimum absolute atomic E-state index is 0.188. The highest BCUT2D eigenvalue weighted by Crippen LogP contribution is 2.17. The number of benzene rings is 1. The van der Waals surface area contributed by atoms with Crippen LogP contribution in [0.1, 0.15) is 45.7 Å². The van der Waals surface area contributed by atoms with E-state index in [0.29, 0.717) is 6.04 Å². The lowest BCUT2D eigenvalue weighted by molar-refractivity contribution is 0.0138. The Bertz CT molecular complexity index is 575. The molecule has 1 atom stereocenters. The molecule has 1 unspecified atom stereocenters. The molecule has 1 N–H and O–H groups in total. The molecule has 146 valence electrons. The number of amides is 1. The Morgan fingerprint density at radius 1 is 1.12 bits per heavy atom. The molecule has 0 spiro atoms. The summed E-state index contributed by atoms with van der Waals surface area (Å²) in [6.45, 7) is 15.1. The fourth-order valence-electron chi connectivity index (χ4n) is 3.40. The standard InChI is InChI=1S/C19H29N3O2.C2H6/c1-19(2,3)24-18(23)22-10-8-21(9-11-22)14-17-12-15-6-4-5-7-16(15)13-20-17;1-2/h4-7,17,20H,8-14H2,1-3H3;1-2H3. The van der Waals surface area contributed by atoms with Crippen LogP contribution in [-0.2, 0) is 17.7 Å². The van der Waals surface area contributed by atoms with E-state index < -0.39 is 5.60 Å². The predicted molar refractivity (Wildman–Crippen MR) is 106 cm³/mol. The third-order valence-corrected chi connectivity index (χ3v) is 4.67. The van der Waals surface area contributed by atoms with Gasteiger partial charge >= 0.3 is 6.09 Å². The average molecular weight is 362 g/mol. The van der Waals surface area contributed by atoms with Gasteiger partial charge in [0.1, 0.15) is 5.60 Å². The van der Waals surface area contributed by atoms with E-state index in [-0.39, 0.29) is 6.09 Å². The molecule has 2 heterocycles. The van der Waals surface area contributed by atoms with Gasteiger partial charge in [0.2, 0.25) is 0 Å². The van der Waals surface area contributed by atoms with Gasteiger partial charge < -0.3 is 15.0 Å². The largest absolute Gasteiger partial charge is 0.444 e. The molecule has 2 aliphatic heterocycles. The highest BCUT2D eigenvalue weighted by atomic mass is 16.6. The quantitative estimate of drug-likeness (QED) is 0.878. The number of nitrogens with zero attached hydrogens (tertiary/aromatic N) is 2. The molecular formula is C21H35N3O2. The zero-order chi connectivity index (χ0) is 19.2. The second-order valence-electron chi connectivity index (χ2n) is 7.82. The van der Waals surface area contributed by atoms with Crippen LogP contribution in [0, 0.1) is 0 Å². The van der Waals surface area contributed by atoms with Crippen molar-refractivity contribution in [3.05, 3.63) is 35.4 Å². The molecule has 0 saturated carbocycles. The molecule has 3 rings (SSSR count). The van der Waals surface area contributed by atoms with Crippen molar-refractivity contribution in [3.8, 4) is 0 Å². The summed E-state index contributed by atoms with van der Waals surface area (Å²) >= 11 is 0. The summed E-state index contributed by atoms with van der Waals surface area (Å²) in [5, 5.41) is 3.64. The van der Waals surface area contributed by atoms with Crippen molar-refractivity contribution in [1.29, 1.82) is 0 Å². The summed E-state index contributed by atoms with van der Waals surface area (Å²) in [6.07, 6.45) is 0.898. The maximum Gasteiger partial charge on any atom is 0.410 e. The van der Waals surface area contributed by atoms with Crippen LogP contribution >= 0.6 is 0 Å². The summed E-state index contributed by atoms with van der Waals surface area (Å²) in [7, 11) is 0. The summed E-state index contributed by atoms with van der Waals surface area (Å²) in [5.74, 6) is 0. The van der Waals surface area contributed by atoms with Gasteiger partial charge in [-0.2, -0.15) is 0 Å². The van der Waals surface area contributed by atoms with Gasteiger partial charge in [-0.15, -0.1) is 0 Å². The van der Waals surface area contributed by atoms with E-state index in [2.05, 4.69) is 34.5 Å². The van der Waals surface area contributed by atoms with E-state index in [1.807, 2.05) is 39.5 Å². The van der Waals surface area contributed by atoms with Crippen molar-refractivity contribution < 1.29 is 9.53 Å². The van der Waals surface area contributed by atoms with Crippen molar-refractivity contribution in [3.63, 3.8) is 0 Å². The van der Waals surface area contributed by atoms with Crippen LogP contribution < -0.4 is 5.32 Å². The number of carbonyl (C=O) groups excluding carboxylic acids is 1. The van der Waals surface area contributed by atoms with Crippen LogP contribution in [-0.4, -0.2) is 60.3 Å². The van der Waals surface area contributed by atoms with Crippen molar-refractivity contribution >= 4 is 6.09 Å². The van der Waals surface area contributed by atoms with Crippen LogP contribution in [0.2, 0.25) is 0 Å². The first-order valence-corrected chi connectivity index (χ1v) is 9.91. The second-order valence-corrected chi connectivity index (χ2v) is 7.82. The van der Waals surface area contributed by atoms with Crippen LogP contribution in [0.3, 0.4) is 0 Å². The Hall–Kier alpha value is -1.59. The van der Waals surface area contributed by atoms with Gasteiger partial charge in [-0.05, 0) is 38.3 Å². The second kappa shape index (κ2) is 9.38. The van der Waals surface area contributed by atoms with Crippen LogP contribution in [0.4, 0.5) is 4.79 Å². The fraction of sp³-hybridized carbons (Fsp3) is 0.667. The third-order valence-electron chi connectivity index (χ3n) is 4.67. The van der Waals surface area contributed by atoms with E-state index in [0.717, 1.165) is 45.7 Å². The number of hydrogen-bond donors (Lipinski definition) is 1. The summed E-state index contributed by atoms with van der Waals surface area (Å²) in [6, 6.07) is 9.17. The smallest absolute Gasteiger partial charge is 0.410 e. The van der Waals surface area contributed by atoms with Gasteiger partial charge in [0.25, 0.3) is 0 Å². The minimum Gasteiger partial charge on any atom is -0.444 e. The highest BCUT2D eigenvalue weighted by molar-refractivity contribution is 5.68. The molecule has 0 radical (unpaired) electrons. The lowest BCUT2D eigenvalue weighted by atomic mass is 9.95. The average Bonchev–Trinajstić information content (AvgIpc) is 2.62. The molecule has 0 aliphatic carbocycles. The highest BCUT2D eigenvalue weighted by Gasteiger charge is 2.27.